The predicted molar refractivity (Wildman–Crippen MR) is 77.5 cm³/mol. The van der Waals surface area contributed by atoms with Gasteiger partial charge < -0.3 is 20.5 Å². The molecule has 1 aromatic carbocycles. The van der Waals surface area contributed by atoms with E-state index in [1.807, 2.05) is 0 Å². The molecule has 0 unspecified atom stereocenters. The van der Waals surface area contributed by atoms with Gasteiger partial charge in [-0.2, -0.15) is 0 Å². The van der Waals surface area contributed by atoms with Gasteiger partial charge in [0.2, 0.25) is 0 Å². The third-order valence-corrected chi connectivity index (χ3v) is 3.74. The molecule has 1 aliphatic heterocycles. The van der Waals surface area contributed by atoms with E-state index in [1.54, 1.807) is 0 Å². The molecular weight excluding hydrogens is 294 g/mol. The SMILES string of the molecule is O=C(NCC[C@H](O)C1CCOCC1)Nc1c(F)cccc1F. The highest BCUT2D eigenvalue weighted by atomic mass is 19.1. The minimum atomic E-state index is -0.836. The topological polar surface area (TPSA) is 70.6 Å². The summed E-state index contributed by atoms with van der Waals surface area (Å²) in [5.41, 5.74) is -0.482. The third kappa shape index (κ3) is 4.64. The average molecular weight is 314 g/mol. The quantitative estimate of drug-likeness (QED) is 0.781. The second-order valence-corrected chi connectivity index (χ2v) is 5.28. The number of anilines is 1. The molecule has 1 saturated heterocycles. The van der Waals surface area contributed by atoms with Crippen molar-refractivity contribution in [2.75, 3.05) is 25.1 Å². The maximum Gasteiger partial charge on any atom is 0.319 e. The Balaban J connectivity index is 1.73. The summed E-state index contributed by atoms with van der Waals surface area (Å²) in [7, 11) is 0. The van der Waals surface area contributed by atoms with Crippen LogP contribution in [0.4, 0.5) is 19.3 Å². The Hall–Kier alpha value is -1.73. The number of carbonyl (C=O) groups excluding carboxylic acids is 1. The maximum atomic E-state index is 13.4. The molecule has 0 spiro atoms. The Labute approximate surface area is 127 Å². The molecule has 122 valence electrons. The lowest BCUT2D eigenvalue weighted by Crippen LogP contribution is -2.34. The van der Waals surface area contributed by atoms with Crippen LogP contribution >= 0.6 is 0 Å². The normalized spacial score (nSPS) is 17.0. The Morgan fingerprint density at radius 3 is 2.59 bits per heavy atom. The zero-order valence-corrected chi connectivity index (χ0v) is 12.1. The van der Waals surface area contributed by atoms with E-state index in [0.29, 0.717) is 19.6 Å². The molecular formula is C15H20F2N2O3. The molecule has 2 rings (SSSR count). The summed E-state index contributed by atoms with van der Waals surface area (Å²) in [4.78, 5) is 11.6. The molecule has 0 aromatic heterocycles. The molecule has 22 heavy (non-hydrogen) atoms. The molecule has 0 radical (unpaired) electrons. The van der Waals surface area contributed by atoms with Crippen molar-refractivity contribution in [3.63, 3.8) is 0 Å². The van der Waals surface area contributed by atoms with Crippen LogP contribution in [-0.2, 0) is 4.74 Å². The lowest BCUT2D eigenvalue weighted by Gasteiger charge is -2.26. The lowest BCUT2D eigenvalue weighted by atomic mass is 9.92. The number of para-hydroxylation sites is 1. The van der Waals surface area contributed by atoms with Crippen LogP contribution in [0.25, 0.3) is 0 Å². The largest absolute Gasteiger partial charge is 0.393 e. The molecule has 0 bridgehead atoms. The molecule has 1 atom stereocenters. The van der Waals surface area contributed by atoms with Crippen molar-refractivity contribution in [3.8, 4) is 0 Å². The number of carbonyl (C=O) groups is 1. The second-order valence-electron chi connectivity index (χ2n) is 5.28. The summed E-state index contributed by atoms with van der Waals surface area (Å²) in [5.74, 6) is -1.50. The number of rotatable bonds is 5. The highest BCUT2D eigenvalue weighted by molar-refractivity contribution is 5.89. The van der Waals surface area contributed by atoms with Gasteiger partial charge in [-0.05, 0) is 37.3 Å². The van der Waals surface area contributed by atoms with Crippen LogP contribution in [0.15, 0.2) is 18.2 Å². The number of nitrogens with one attached hydrogen (secondary N) is 2. The van der Waals surface area contributed by atoms with Crippen LogP contribution in [0.1, 0.15) is 19.3 Å². The number of urea groups is 1. The molecule has 5 nitrogen and oxygen atoms in total. The van der Waals surface area contributed by atoms with E-state index in [0.717, 1.165) is 25.0 Å². The van der Waals surface area contributed by atoms with Gasteiger partial charge in [-0.1, -0.05) is 6.07 Å². The van der Waals surface area contributed by atoms with Crippen molar-refractivity contribution in [1.29, 1.82) is 0 Å². The average Bonchev–Trinajstić information content (AvgIpc) is 2.52. The number of benzene rings is 1. The predicted octanol–water partition coefficient (Wildman–Crippen LogP) is 2.26. The fourth-order valence-electron chi connectivity index (χ4n) is 2.44. The summed E-state index contributed by atoms with van der Waals surface area (Å²) in [6.45, 7) is 1.50. The van der Waals surface area contributed by atoms with Crippen LogP contribution in [-0.4, -0.2) is 37.0 Å². The van der Waals surface area contributed by atoms with Crippen LogP contribution in [0.5, 0.6) is 0 Å². The fourth-order valence-corrected chi connectivity index (χ4v) is 2.44. The van der Waals surface area contributed by atoms with Crippen molar-refractivity contribution >= 4 is 11.7 Å². The first kappa shape index (κ1) is 16.6. The van der Waals surface area contributed by atoms with Gasteiger partial charge in [0, 0.05) is 19.8 Å². The van der Waals surface area contributed by atoms with Gasteiger partial charge in [0.25, 0.3) is 0 Å². The van der Waals surface area contributed by atoms with Crippen LogP contribution in [0.3, 0.4) is 0 Å². The van der Waals surface area contributed by atoms with E-state index < -0.39 is 29.5 Å². The highest BCUT2D eigenvalue weighted by Gasteiger charge is 2.22. The summed E-state index contributed by atoms with van der Waals surface area (Å²) in [5, 5.41) is 14.6. The summed E-state index contributed by atoms with van der Waals surface area (Å²) >= 11 is 0. The monoisotopic (exact) mass is 314 g/mol. The van der Waals surface area contributed by atoms with Crippen molar-refractivity contribution in [3.05, 3.63) is 29.8 Å². The molecule has 7 heteroatoms. The maximum absolute atomic E-state index is 13.4. The summed E-state index contributed by atoms with van der Waals surface area (Å²) in [6.07, 6.45) is 1.47. The van der Waals surface area contributed by atoms with Crippen LogP contribution in [0.2, 0.25) is 0 Å². The molecule has 0 saturated carbocycles. The number of aliphatic hydroxyl groups excluding tert-OH is 1. The number of hydrogen-bond acceptors (Lipinski definition) is 3. The van der Waals surface area contributed by atoms with E-state index in [1.165, 1.54) is 6.07 Å². The number of ether oxygens (including phenoxy) is 1. The van der Waals surface area contributed by atoms with E-state index in [-0.39, 0.29) is 12.5 Å². The zero-order chi connectivity index (χ0) is 15.9. The van der Waals surface area contributed by atoms with E-state index in [9.17, 15) is 18.7 Å². The van der Waals surface area contributed by atoms with Crippen molar-refractivity contribution < 1.29 is 23.4 Å². The zero-order valence-electron chi connectivity index (χ0n) is 12.1. The first-order chi connectivity index (χ1) is 10.6. The first-order valence-electron chi connectivity index (χ1n) is 7.32. The van der Waals surface area contributed by atoms with E-state index >= 15 is 0 Å². The summed E-state index contributed by atoms with van der Waals surface area (Å²) in [6, 6.07) is 2.64. The van der Waals surface area contributed by atoms with Crippen molar-refractivity contribution in [2.24, 2.45) is 5.92 Å². The molecule has 1 aromatic rings. The van der Waals surface area contributed by atoms with Gasteiger partial charge in [0.15, 0.2) is 0 Å². The summed E-state index contributed by atoms with van der Waals surface area (Å²) < 4.78 is 32.0. The number of halogens is 2. The molecule has 3 N–H and O–H groups in total. The Kier molecular flexibility index (Phi) is 6.09. The Morgan fingerprint density at radius 2 is 1.95 bits per heavy atom. The second kappa shape index (κ2) is 8.05. The smallest absolute Gasteiger partial charge is 0.319 e. The van der Waals surface area contributed by atoms with Gasteiger partial charge in [-0.3, -0.25) is 0 Å². The van der Waals surface area contributed by atoms with Gasteiger partial charge in [-0.15, -0.1) is 0 Å². The van der Waals surface area contributed by atoms with Crippen LogP contribution < -0.4 is 10.6 Å². The first-order valence-corrected chi connectivity index (χ1v) is 7.32. The third-order valence-electron chi connectivity index (χ3n) is 3.74. The fraction of sp³-hybridized carbons (Fsp3) is 0.533. The van der Waals surface area contributed by atoms with Crippen molar-refractivity contribution in [1.82, 2.24) is 5.32 Å². The van der Waals surface area contributed by atoms with Gasteiger partial charge >= 0.3 is 6.03 Å². The minimum absolute atomic E-state index is 0.169. The Bertz CT molecular complexity index is 487. The van der Waals surface area contributed by atoms with Crippen LogP contribution in [0, 0.1) is 17.6 Å². The van der Waals surface area contributed by atoms with Gasteiger partial charge in [-0.25, -0.2) is 13.6 Å². The van der Waals surface area contributed by atoms with Gasteiger partial charge in [0.1, 0.15) is 17.3 Å². The minimum Gasteiger partial charge on any atom is -0.393 e. The van der Waals surface area contributed by atoms with E-state index in [4.69, 9.17) is 4.74 Å². The van der Waals surface area contributed by atoms with Gasteiger partial charge in [0.05, 0.1) is 6.10 Å². The number of hydrogen-bond donors (Lipinski definition) is 3. The molecule has 1 fully saturated rings. The van der Waals surface area contributed by atoms with Crippen molar-refractivity contribution in [2.45, 2.75) is 25.4 Å². The molecule has 2 amide bonds. The molecule has 0 aliphatic carbocycles. The molecule has 1 heterocycles. The standard InChI is InChI=1S/C15H20F2N2O3/c16-11-2-1-3-12(17)14(11)19-15(21)18-7-4-13(20)10-5-8-22-9-6-10/h1-3,10,13,20H,4-9H2,(H2,18,19,21)/t13-/m0/s1. The number of aliphatic hydroxyl groups is 1. The highest BCUT2D eigenvalue weighted by Crippen LogP contribution is 2.20. The molecule has 1 aliphatic rings. The lowest BCUT2D eigenvalue weighted by molar-refractivity contribution is 0.00549. The van der Waals surface area contributed by atoms with E-state index in [2.05, 4.69) is 10.6 Å². The number of amides is 2. The Morgan fingerprint density at radius 1 is 1.32 bits per heavy atom.